The van der Waals surface area contributed by atoms with Crippen molar-refractivity contribution in [3.05, 3.63) is 11.9 Å². The summed E-state index contributed by atoms with van der Waals surface area (Å²) in [4.78, 5) is 8.72. The summed E-state index contributed by atoms with van der Waals surface area (Å²) in [5.74, 6) is 2.39. The lowest BCUT2D eigenvalue weighted by Crippen LogP contribution is -2.42. The van der Waals surface area contributed by atoms with Crippen LogP contribution in [0.2, 0.25) is 0 Å². The summed E-state index contributed by atoms with van der Waals surface area (Å²) >= 11 is 0. The topological polar surface area (TPSA) is 71.1 Å². The monoisotopic (exact) mass is 267 g/mol. The van der Waals surface area contributed by atoms with Gasteiger partial charge in [0.1, 0.15) is 17.5 Å². The van der Waals surface area contributed by atoms with Crippen molar-refractivity contribution >= 4 is 11.6 Å². The van der Waals surface area contributed by atoms with Crippen LogP contribution >= 0.6 is 0 Å². The van der Waals surface area contributed by atoms with Crippen molar-refractivity contribution < 1.29 is 4.74 Å². The summed E-state index contributed by atoms with van der Waals surface area (Å²) in [7, 11) is 3.63. The van der Waals surface area contributed by atoms with Gasteiger partial charge < -0.3 is 20.7 Å². The molecule has 0 unspecified atom stereocenters. The summed E-state index contributed by atoms with van der Waals surface area (Å²) in [6.45, 7) is 8.32. The van der Waals surface area contributed by atoms with Crippen LogP contribution in [0.5, 0.6) is 0 Å². The average Bonchev–Trinajstić information content (AvgIpc) is 2.36. The molecule has 19 heavy (non-hydrogen) atoms. The fourth-order valence-corrected chi connectivity index (χ4v) is 1.43. The maximum Gasteiger partial charge on any atom is 0.131 e. The predicted molar refractivity (Wildman–Crippen MR) is 78.8 cm³/mol. The minimum atomic E-state index is 0.0164. The zero-order valence-corrected chi connectivity index (χ0v) is 12.5. The highest BCUT2D eigenvalue weighted by Gasteiger charge is 2.14. The molecule has 0 saturated heterocycles. The van der Waals surface area contributed by atoms with E-state index in [1.54, 1.807) is 7.11 Å². The van der Waals surface area contributed by atoms with Crippen LogP contribution in [0.25, 0.3) is 0 Å². The summed E-state index contributed by atoms with van der Waals surface area (Å²) in [5, 5.41) is 9.77. The van der Waals surface area contributed by atoms with E-state index in [0.29, 0.717) is 6.61 Å². The molecule has 1 aromatic rings. The van der Waals surface area contributed by atoms with Gasteiger partial charge in [-0.2, -0.15) is 0 Å². The molecule has 0 amide bonds. The molecule has 1 rings (SSSR count). The van der Waals surface area contributed by atoms with Gasteiger partial charge in [-0.15, -0.1) is 0 Å². The van der Waals surface area contributed by atoms with Crippen molar-refractivity contribution in [2.75, 3.05) is 44.5 Å². The van der Waals surface area contributed by atoms with Crippen molar-refractivity contribution in [2.24, 2.45) is 0 Å². The van der Waals surface area contributed by atoms with Crippen molar-refractivity contribution in [2.45, 2.75) is 26.3 Å². The maximum atomic E-state index is 5.00. The van der Waals surface area contributed by atoms with Crippen molar-refractivity contribution in [1.29, 1.82) is 0 Å². The van der Waals surface area contributed by atoms with Crippen LogP contribution in [0.4, 0.5) is 11.6 Å². The molecule has 0 fully saturated rings. The van der Waals surface area contributed by atoms with E-state index in [-0.39, 0.29) is 5.54 Å². The number of ether oxygens (including phenoxy) is 1. The number of nitrogens with one attached hydrogen (secondary N) is 3. The molecular weight excluding hydrogens is 242 g/mol. The Hall–Kier alpha value is -1.40. The molecular formula is C13H25N5O. The molecule has 3 N–H and O–H groups in total. The van der Waals surface area contributed by atoms with E-state index in [9.17, 15) is 0 Å². The largest absolute Gasteiger partial charge is 0.383 e. The van der Waals surface area contributed by atoms with Gasteiger partial charge in [-0.3, -0.25) is 0 Å². The van der Waals surface area contributed by atoms with Crippen LogP contribution in [-0.2, 0) is 4.74 Å². The molecule has 0 atom stereocenters. The molecule has 0 spiro atoms. The van der Waals surface area contributed by atoms with E-state index in [2.05, 4.69) is 39.8 Å². The lowest BCUT2D eigenvalue weighted by molar-refractivity contribution is 0.210. The van der Waals surface area contributed by atoms with Gasteiger partial charge in [0.15, 0.2) is 0 Å². The third-order valence-corrected chi connectivity index (χ3v) is 2.84. The number of aromatic nitrogens is 2. The van der Waals surface area contributed by atoms with E-state index < -0.39 is 0 Å². The number of hydrogen-bond donors (Lipinski definition) is 3. The zero-order valence-electron chi connectivity index (χ0n) is 12.5. The fourth-order valence-electron chi connectivity index (χ4n) is 1.43. The molecule has 0 saturated carbocycles. The van der Waals surface area contributed by atoms with Gasteiger partial charge >= 0.3 is 0 Å². The van der Waals surface area contributed by atoms with Crippen LogP contribution < -0.4 is 16.0 Å². The molecule has 1 heterocycles. The highest BCUT2D eigenvalue weighted by atomic mass is 16.5. The number of aryl methyl sites for hydroxylation is 1. The van der Waals surface area contributed by atoms with E-state index in [4.69, 9.17) is 4.74 Å². The van der Waals surface area contributed by atoms with Crippen LogP contribution in [-0.4, -0.2) is 49.4 Å². The first-order valence-corrected chi connectivity index (χ1v) is 6.48. The Morgan fingerprint density at radius 2 is 1.84 bits per heavy atom. The number of rotatable bonds is 8. The molecule has 6 heteroatoms. The van der Waals surface area contributed by atoms with E-state index in [1.165, 1.54) is 0 Å². The van der Waals surface area contributed by atoms with Crippen LogP contribution in [0.1, 0.15) is 19.7 Å². The summed E-state index contributed by atoms with van der Waals surface area (Å²) in [6.07, 6.45) is 0. The number of methoxy groups -OCH3 is 1. The number of anilines is 2. The highest BCUT2D eigenvalue weighted by Crippen LogP contribution is 2.12. The maximum absolute atomic E-state index is 5.00. The van der Waals surface area contributed by atoms with Gasteiger partial charge in [0.05, 0.1) is 6.61 Å². The highest BCUT2D eigenvalue weighted by molar-refractivity contribution is 5.47. The Labute approximate surface area is 115 Å². The standard InChI is InChI=1S/C13H25N5O/c1-10-17-11(15-6-7-19-5)8-12(18-10)16-9-13(2,3)14-4/h8,14H,6-7,9H2,1-5H3,(H2,15,16,17,18). The van der Waals surface area contributed by atoms with Crippen molar-refractivity contribution in [3.8, 4) is 0 Å². The lowest BCUT2D eigenvalue weighted by atomic mass is 10.1. The van der Waals surface area contributed by atoms with Crippen LogP contribution in [0.15, 0.2) is 6.07 Å². The van der Waals surface area contributed by atoms with Gasteiger partial charge in [-0.05, 0) is 27.8 Å². The number of likely N-dealkylation sites (N-methyl/N-ethyl adjacent to an activating group) is 1. The van der Waals surface area contributed by atoms with E-state index >= 15 is 0 Å². The Kier molecular flexibility index (Phi) is 5.98. The van der Waals surface area contributed by atoms with Gasteiger partial charge in [0.2, 0.25) is 0 Å². The van der Waals surface area contributed by atoms with E-state index in [1.807, 2.05) is 20.0 Å². The first-order chi connectivity index (χ1) is 8.96. The lowest BCUT2D eigenvalue weighted by Gasteiger charge is -2.24. The third kappa shape index (κ3) is 5.85. The second-order valence-electron chi connectivity index (χ2n) is 5.09. The molecule has 0 bridgehead atoms. The zero-order chi connectivity index (χ0) is 14.3. The van der Waals surface area contributed by atoms with Gasteiger partial charge in [-0.1, -0.05) is 0 Å². The van der Waals surface area contributed by atoms with Crippen LogP contribution in [0.3, 0.4) is 0 Å². The number of hydrogen-bond acceptors (Lipinski definition) is 6. The quantitative estimate of drug-likeness (QED) is 0.616. The molecule has 108 valence electrons. The molecule has 0 aliphatic rings. The summed E-state index contributed by atoms with van der Waals surface area (Å²) in [6, 6.07) is 1.91. The van der Waals surface area contributed by atoms with E-state index in [0.717, 1.165) is 30.5 Å². The minimum Gasteiger partial charge on any atom is -0.383 e. The third-order valence-electron chi connectivity index (χ3n) is 2.84. The van der Waals surface area contributed by atoms with Gasteiger partial charge in [-0.25, -0.2) is 9.97 Å². The Bertz CT molecular complexity index is 395. The normalized spacial score (nSPS) is 11.4. The fraction of sp³-hybridized carbons (Fsp3) is 0.692. The number of nitrogens with zero attached hydrogens (tertiary/aromatic N) is 2. The smallest absolute Gasteiger partial charge is 0.131 e. The second-order valence-corrected chi connectivity index (χ2v) is 5.09. The molecule has 0 aromatic carbocycles. The SMILES string of the molecule is CNC(C)(C)CNc1cc(NCCOC)nc(C)n1. The van der Waals surface area contributed by atoms with Crippen molar-refractivity contribution in [3.63, 3.8) is 0 Å². The predicted octanol–water partition coefficient (Wildman–Crippen LogP) is 1.25. The van der Waals surface area contributed by atoms with Crippen LogP contribution in [0, 0.1) is 6.92 Å². The molecule has 6 nitrogen and oxygen atoms in total. The first kappa shape index (κ1) is 15.7. The Morgan fingerprint density at radius 1 is 1.21 bits per heavy atom. The summed E-state index contributed by atoms with van der Waals surface area (Å²) in [5.41, 5.74) is 0.0164. The molecule has 0 radical (unpaired) electrons. The van der Waals surface area contributed by atoms with Crippen molar-refractivity contribution in [1.82, 2.24) is 15.3 Å². The Balaban J connectivity index is 2.63. The van der Waals surface area contributed by atoms with Gasteiger partial charge in [0.25, 0.3) is 0 Å². The minimum absolute atomic E-state index is 0.0164. The molecule has 1 aromatic heterocycles. The summed E-state index contributed by atoms with van der Waals surface area (Å²) < 4.78 is 5.00. The first-order valence-electron chi connectivity index (χ1n) is 6.48. The molecule has 0 aliphatic carbocycles. The second kappa shape index (κ2) is 7.25. The van der Waals surface area contributed by atoms with Gasteiger partial charge in [0, 0.05) is 31.8 Å². The average molecular weight is 267 g/mol. The Morgan fingerprint density at radius 3 is 2.42 bits per heavy atom. The molecule has 0 aliphatic heterocycles.